The molecule has 0 aliphatic carbocycles. The fourth-order valence-corrected chi connectivity index (χ4v) is 1.10. The fraction of sp³-hybridized carbons (Fsp3) is 0.455. The minimum Gasteiger partial charge on any atom is -0.491 e. The lowest BCUT2D eigenvalue weighted by Crippen LogP contribution is -2.16. The van der Waals surface area contributed by atoms with Gasteiger partial charge in [0.15, 0.2) is 0 Å². The number of hydrogen-bond donors (Lipinski definition) is 1. The zero-order valence-electron chi connectivity index (χ0n) is 9.00. The normalized spacial score (nSPS) is 12.5. The quantitative estimate of drug-likeness (QED) is 0.809. The highest BCUT2D eigenvalue weighted by atomic mass is 19.1. The van der Waals surface area contributed by atoms with E-state index in [0.29, 0.717) is 18.9 Å². The van der Waals surface area contributed by atoms with E-state index in [0.717, 1.165) is 5.56 Å². The van der Waals surface area contributed by atoms with E-state index in [1.807, 2.05) is 6.92 Å². The highest BCUT2D eigenvalue weighted by Gasteiger charge is 2.03. The molecule has 0 aliphatic rings. The van der Waals surface area contributed by atoms with Gasteiger partial charge in [0.2, 0.25) is 0 Å². The summed E-state index contributed by atoms with van der Waals surface area (Å²) in [6.07, 6.45) is -0.0189. The van der Waals surface area contributed by atoms with Crippen molar-refractivity contribution in [3.05, 3.63) is 29.6 Å². The second-order valence-corrected chi connectivity index (χ2v) is 3.36. The molecule has 0 fully saturated rings. The zero-order valence-corrected chi connectivity index (χ0v) is 9.00. The molecule has 0 aromatic heterocycles. The van der Waals surface area contributed by atoms with E-state index in [2.05, 4.69) is 0 Å². The van der Waals surface area contributed by atoms with E-state index >= 15 is 0 Å². The van der Waals surface area contributed by atoms with Gasteiger partial charge >= 0.3 is 0 Å². The Morgan fingerprint density at radius 2 is 2.13 bits per heavy atom. The van der Waals surface area contributed by atoms with Gasteiger partial charge in [-0.15, -0.1) is 0 Å². The number of halogens is 1. The molecule has 0 aliphatic heterocycles. The number of nitrogens with two attached hydrogens (primary N) is 1. The SMILES string of the molecule is COC(C)COc1cc(F)cc(CN)c1. The van der Waals surface area contributed by atoms with Gasteiger partial charge in [0.25, 0.3) is 0 Å². The Balaban J connectivity index is 2.64. The second kappa shape index (κ2) is 5.68. The van der Waals surface area contributed by atoms with E-state index in [9.17, 15) is 4.39 Å². The zero-order chi connectivity index (χ0) is 11.3. The summed E-state index contributed by atoms with van der Waals surface area (Å²) in [6, 6.07) is 4.46. The smallest absolute Gasteiger partial charge is 0.127 e. The van der Waals surface area contributed by atoms with Gasteiger partial charge in [-0.1, -0.05) is 0 Å². The van der Waals surface area contributed by atoms with Crippen molar-refractivity contribution in [2.24, 2.45) is 5.73 Å². The summed E-state index contributed by atoms with van der Waals surface area (Å²) < 4.78 is 23.4. The molecule has 0 bridgehead atoms. The van der Waals surface area contributed by atoms with Crippen molar-refractivity contribution < 1.29 is 13.9 Å². The van der Waals surface area contributed by atoms with Crippen molar-refractivity contribution in [2.75, 3.05) is 13.7 Å². The molecule has 2 N–H and O–H groups in total. The number of methoxy groups -OCH3 is 1. The first-order valence-corrected chi connectivity index (χ1v) is 4.81. The predicted molar refractivity (Wildman–Crippen MR) is 56.3 cm³/mol. The predicted octanol–water partition coefficient (Wildman–Crippen LogP) is 1.70. The molecule has 1 aromatic carbocycles. The number of rotatable bonds is 5. The van der Waals surface area contributed by atoms with Crippen LogP contribution in [0.5, 0.6) is 5.75 Å². The molecule has 0 spiro atoms. The van der Waals surface area contributed by atoms with Gasteiger partial charge in [0.05, 0.1) is 6.10 Å². The molecule has 0 saturated heterocycles. The third kappa shape index (κ3) is 3.85. The van der Waals surface area contributed by atoms with Crippen molar-refractivity contribution >= 4 is 0 Å². The average molecular weight is 213 g/mol. The molecule has 1 aromatic rings. The maximum atomic E-state index is 13.1. The molecule has 1 rings (SSSR count). The highest BCUT2D eigenvalue weighted by Crippen LogP contribution is 2.16. The average Bonchev–Trinajstić information content (AvgIpc) is 2.25. The van der Waals surface area contributed by atoms with Crippen LogP contribution in [0.1, 0.15) is 12.5 Å². The Morgan fingerprint density at radius 1 is 1.40 bits per heavy atom. The third-order valence-electron chi connectivity index (χ3n) is 2.05. The minimum atomic E-state index is -0.335. The van der Waals surface area contributed by atoms with Crippen molar-refractivity contribution in [2.45, 2.75) is 19.6 Å². The summed E-state index contributed by atoms with van der Waals surface area (Å²) in [7, 11) is 1.60. The van der Waals surface area contributed by atoms with Crippen LogP contribution >= 0.6 is 0 Å². The monoisotopic (exact) mass is 213 g/mol. The Hall–Kier alpha value is -1.13. The molecule has 4 heteroatoms. The molecule has 0 heterocycles. The van der Waals surface area contributed by atoms with Gasteiger partial charge in [0.1, 0.15) is 18.2 Å². The van der Waals surface area contributed by atoms with Crippen molar-refractivity contribution in [3.63, 3.8) is 0 Å². The van der Waals surface area contributed by atoms with Crippen LogP contribution in [-0.4, -0.2) is 19.8 Å². The first-order chi connectivity index (χ1) is 7.15. The van der Waals surface area contributed by atoms with Gasteiger partial charge in [-0.05, 0) is 24.6 Å². The van der Waals surface area contributed by atoms with Crippen molar-refractivity contribution in [1.29, 1.82) is 0 Å². The summed E-state index contributed by atoms with van der Waals surface area (Å²) in [6.45, 7) is 2.57. The van der Waals surface area contributed by atoms with Crippen LogP contribution < -0.4 is 10.5 Å². The number of benzene rings is 1. The first kappa shape index (κ1) is 11.9. The maximum Gasteiger partial charge on any atom is 0.127 e. The van der Waals surface area contributed by atoms with Gasteiger partial charge in [-0.25, -0.2) is 4.39 Å². The molecule has 15 heavy (non-hydrogen) atoms. The Morgan fingerprint density at radius 3 is 2.73 bits per heavy atom. The largest absolute Gasteiger partial charge is 0.491 e. The summed E-state index contributed by atoms with van der Waals surface area (Å²) in [5, 5.41) is 0. The summed E-state index contributed by atoms with van der Waals surface area (Å²) in [5.74, 6) is 0.150. The standard InChI is InChI=1S/C11H16FNO2/c1-8(14-2)7-15-11-4-9(6-13)3-10(12)5-11/h3-5,8H,6-7,13H2,1-2H3. The maximum absolute atomic E-state index is 13.1. The van der Waals surface area contributed by atoms with Gasteiger partial charge in [-0.2, -0.15) is 0 Å². The summed E-state index contributed by atoms with van der Waals surface area (Å²) >= 11 is 0. The third-order valence-corrected chi connectivity index (χ3v) is 2.05. The molecule has 0 saturated carbocycles. The van der Waals surface area contributed by atoms with Crippen LogP contribution in [0, 0.1) is 5.82 Å². The van der Waals surface area contributed by atoms with Gasteiger partial charge in [-0.3, -0.25) is 0 Å². The van der Waals surface area contributed by atoms with Crippen LogP contribution in [0.4, 0.5) is 4.39 Å². The van der Waals surface area contributed by atoms with Crippen LogP contribution in [0.3, 0.4) is 0 Å². The van der Waals surface area contributed by atoms with E-state index in [4.69, 9.17) is 15.2 Å². The topological polar surface area (TPSA) is 44.5 Å². The Kier molecular flexibility index (Phi) is 4.52. The van der Waals surface area contributed by atoms with Crippen LogP contribution in [-0.2, 0) is 11.3 Å². The van der Waals surface area contributed by atoms with E-state index in [-0.39, 0.29) is 11.9 Å². The minimum absolute atomic E-state index is 0.0189. The Bertz CT molecular complexity index is 317. The molecular formula is C11H16FNO2. The van der Waals surface area contributed by atoms with Crippen molar-refractivity contribution in [3.8, 4) is 5.75 Å². The van der Waals surface area contributed by atoms with E-state index in [1.165, 1.54) is 12.1 Å². The number of hydrogen-bond acceptors (Lipinski definition) is 3. The van der Waals surface area contributed by atoms with Gasteiger partial charge in [0, 0.05) is 19.7 Å². The summed E-state index contributed by atoms with van der Waals surface area (Å²) in [4.78, 5) is 0. The fourth-order valence-electron chi connectivity index (χ4n) is 1.10. The molecule has 84 valence electrons. The lowest BCUT2D eigenvalue weighted by molar-refractivity contribution is 0.0715. The molecule has 1 unspecified atom stereocenters. The van der Waals surface area contributed by atoms with Crippen molar-refractivity contribution in [1.82, 2.24) is 0 Å². The first-order valence-electron chi connectivity index (χ1n) is 4.81. The van der Waals surface area contributed by atoms with E-state index in [1.54, 1.807) is 13.2 Å². The van der Waals surface area contributed by atoms with Gasteiger partial charge < -0.3 is 15.2 Å². The van der Waals surface area contributed by atoms with Crippen LogP contribution in [0.15, 0.2) is 18.2 Å². The highest BCUT2D eigenvalue weighted by molar-refractivity contribution is 5.29. The molecular weight excluding hydrogens is 197 g/mol. The molecule has 0 amide bonds. The second-order valence-electron chi connectivity index (χ2n) is 3.36. The Labute approximate surface area is 89.0 Å². The molecule has 1 atom stereocenters. The number of ether oxygens (including phenoxy) is 2. The summed E-state index contributed by atoms with van der Waals surface area (Å²) in [5.41, 5.74) is 6.14. The molecule has 3 nitrogen and oxygen atoms in total. The van der Waals surface area contributed by atoms with Crippen LogP contribution in [0.25, 0.3) is 0 Å². The molecule has 0 radical (unpaired) electrons. The lowest BCUT2D eigenvalue weighted by Gasteiger charge is -2.12. The lowest BCUT2D eigenvalue weighted by atomic mass is 10.2. The van der Waals surface area contributed by atoms with E-state index < -0.39 is 0 Å². The van der Waals surface area contributed by atoms with Crippen LogP contribution in [0.2, 0.25) is 0 Å².